The Morgan fingerprint density at radius 2 is 2.00 bits per heavy atom. The molecule has 110 valence electrons. The molecule has 0 bridgehead atoms. The summed E-state index contributed by atoms with van der Waals surface area (Å²) in [5.74, 6) is 0.0564. The molecule has 1 aliphatic heterocycles. The van der Waals surface area contributed by atoms with Crippen molar-refractivity contribution in [1.29, 1.82) is 0 Å². The number of methoxy groups -OCH3 is 2. The minimum Gasteiger partial charge on any atom is -0.493 e. The summed E-state index contributed by atoms with van der Waals surface area (Å²) in [5.41, 5.74) is 4.28. The van der Waals surface area contributed by atoms with Gasteiger partial charge in [-0.25, -0.2) is 4.79 Å². The lowest BCUT2D eigenvalue weighted by Crippen LogP contribution is -2.54. The van der Waals surface area contributed by atoms with Crippen molar-refractivity contribution >= 4 is 5.97 Å². The molecule has 2 rings (SSSR count). The van der Waals surface area contributed by atoms with Crippen LogP contribution in [0.5, 0.6) is 17.2 Å². The number of fused-ring (bicyclic) bond motifs is 1. The zero-order valence-corrected chi connectivity index (χ0v) is 12.0. The van der Waals surface area contributed by atoms with E-state index >= 15 is 0 Å². The molecule has 0 aliphatic carbocycles. The second-order valence-electron chi connectivity index (χ2n) is 5.49. The summed E-state index contributed by atoms with van der Waals surface area (Å²) in [4.78, 5) is 11.6. The number of rotatable bonds is 3. The average Bonchev–Trinajstić information content (AvgIpc) is 2.35. The molecule has 1 heterocycles. The van der Waals surface area contributed by atoms with Gasteiger partial charge in [-0.05, 0) is 26.0 Å². The van der Waals surface area contributed by atoms with E-state index < -0.39 is 17.1 Å². The Hall–Kier alpha value is -1.95. The fourth-order valence-corrected chi connectivity index (χ4v) is 2.62. The van der Waals surface area contributed by atoms with Gasteiger partial charge in [0.2, 0.25) is 5.75 Å². The number of carboxylic acid groups (broad SMARTS) is 1. The first kappa shape index (κ1) is 14.5. The van der Waals surface area contributed by atoms with Crippen molar-refractivity contribution in [3.8, 4) is 17.2 Å². The van der Waals surface area contributed by atoms with Crippen molar-refractivity contribution in [3.05, 3.63) is 17.7 Å². The normalized spacial score (nSPS) is 23.4. The lowest BCUT2D eigenvalue weighted by Gasteiger charge is -2.42. The van der Waals surface area contributed by atoms with Gasteiger partial charge < -0.3 is 25.1 Å². The Labute approximate surface area is 117 Å². The Balaban J connectivity index is 2.73. The summed E-state index contributed by atoms with van der Waals surface area (Å²) in [7, 11) is 2.98. The second-order valence-corrected chi connectivity index (χ2v) is 5.49. The van der Waals surface area contributed by atoms with Crippen molar-refractivity contribution in [1.82, 2.24) is 0 Å². The number of nitrogens with two attached hydrogens (primary N) is 1. The highest BCUT2D eigenvalue weighted by Gasteiger charge is 2.49. The monoisotopic (exact) mass is 281 g/mol. The SMILES string of the molecule is COc1ccc2c(c1OC)OC(C)(C)CC2(N)C(=O)O. The maximum Gasteiger partial charge on any atom is 0.328 e. The van der Waals surface area contributed by atoms with Crippen LogP contribution in [0.1, 0.15) is 25.8 Å². The second kappa shape index (κ2) is 4.56. The van der Waals surface area contributed by atoms with E-state index in [0.717, 1.165) is 0 Å². The third-order valence-corrected chi connectivity index (χ3v) is 3.45. The molecule has 6 nitrogen and oxygen atoms in total. The number of carbonyl (C=O) groups is 1. The van der Waals surface area contributed by atoms with Gasteiger partial charge in [-0.2, -0.15) is 0 Å². The van der Waals surface area contributed by atoms with Gasteiger partial charge in [0, 0.05) is 12.0 Å². The maximum atomic E-state index is 11.6. The molecule has 20 heavy (non-hydrogen) atoms. The van der Waals surface area contributed by atoms with Crippen LogP contribution in [-0.4, -0.2) is 30.9 Å². The molecule has 0 saturated carbocycles. The number of hydrogen-bond acceptors (Lipinski definition) is 5. The molecule has 1 unspecified atom stereocenters. The van der Waals surface area contributed by atoms with E-state index in [2.05, 4.69) is 0 Å². The molecule has 0 saturated heterocycles. The highest BCUT2D eigenvalue weighted by Crippen LogP contribution is 2.50. The van der Waals surface area contributed by atoms with E-state index in [1.165, 1.54) is 14.2 Å². The third-order valence-electron chi connectivity index (χ3n) is 3.45. The topological polar surface area (TPSA) is 91.0 Å². The summed E-state index contributed by atoms with van der Waals surface area (Å²) < 4.78 is 16.4. The Bertz CT molecular complexity index is 555. The Kier molecular flexibility index (Phi) is 3.29. The number of hydrogen-bond donors (Lipinski definition) is 2. The molecule has 0 radical (unpaired) electrons. The van der Waals surface area contributed by atoms with E-state index in [-0.39, 0.29) is 6.42 Å². The maximum absolute atomic E-state index is 11.6. The predicted octanol–water partition coefficient (Wildman–Crippen LogP) is 1.50. The molecule has 1 aromatic rings. The minimum atomic E-state index is -1.52. The quantitative estimate of drug-likeness (QED) is 0.872. The highest BCUT2D eigenvalue weighted by molar-refractivity contribution is 5.83. The van der Waals surface area contributed by atoms with Crippen LogP contribution in [0.3, 0.4) is 0 Å². The van der Waals surface area contributed by atoms with Crippen LogP contribution >= 0.6 is 0 Å². The fraction of sp³-hybridized carbons (Fsp3) is 0.500. The highest BCUT2D eigenvalue weighted by atomic mass is 16.5. The molecule has 1 aliphatic rings. The fourth-order valence-electron chi connectivity index (χ4n) is 2.62. The molecule has 0 amide bonds. The largest absolute Gasteiger partial charge is 0.493 e. The van der Waals surface area contributed by atoms with Crippen LogP contribution in [0, 0.1) is 0 Å². The number of carboxylic acids is 1. The lowest BCUT2D eigenvalue weighted by molar-refractivity contribution is -0.147. The summed E-state index contributed by atoms with van der Waals surface area (Å²) in [6, 6.07) is 3.24. The van der Waals surface area contributed by atoms with Crippen molar-refractivity contribution in [2.75, 3.05) is 14.2 Å². The van der Waals surface area contributed by atoms with Crippen LogP contribution in [0.4, 0.5) is 0 Å². The predicted molar refractivity (Wildman–Crippen MR) is 72.4 cm³/mol. The molecule has 0 fully saturated rings. The van der Waals surface area contributed by atoms with Gasteiger partial charge in [0.05, 0.1) is 14.2 Å². The molecule has 6 heteroatoms. The molecule has 1 aromatic carbocycles. The van der Waals surface area contributed by atoms with Gasteiger partial charge in [-0.3, -0.25) is 0 Å². The van der Waals surface area contributed by atoms with Gasteiger partial charge in [-0.15, -0.1) is 0 Å². The van der Waals surface area contributed by atoms with E-state index in [9.17, 15) is 9.90 Å². The number of benzene rings is 1. The summed E-state index contributed by atoms with van der Waals surface area (Å²) in [6.45, 7) is 3.58. The van der Waals surface area contributed by atoms with E-state index in [4.69, 9.17) is 19.9 Å². The van der Waals surface area contributed by atoms with E-state index in [0.29, 0.717) is 22.8 Å². The minimum absolute atomic E-state index is 0.165. The van der Waals surface area contributed by atoms with Crippen molar-refractivity contribution < 1.29 is 24.1 Å². The summed E-state index contributed by atoms with van der Waals surface area (Å²) >= 11 is 0. The van der Waals surface area contributed by atoms with Crippen LogP contribution in [0.2, 0.25) is 0 Å². The molecule has 1 atom stereocenters. The number of ether oxygens (including phenoxy) is 3. The molecule has 0 aromatic heterocycles. The summed E-state index contributed by atoms with van der Waals surface area (Å²) in [5, 5.41) is 9.51. The van der Waals surface area contributed by atoms with Crippen LogP contribution in [0.15, 0.2) is 12.1 Å². The molecular weight excluding hydrogens is 262 g/mol. The van der Waals surface area contributed by atoms with Crippen molar-refractivity contribution in [3.63, 3.8) is 0 Å². The van der Waals surface area contributed by atoms with Crippen LogP contribution in [-0.2, 0) is 10.3 Å². The zero-order valence-electron chi connectivity index (χ0n) is 12.0. The Morgan fingerprint density at radius 1 is 1.35 bits per heavy atom. The molecule has 3 N–H and O–H groups in total. The van der Waals surface area contributed by atoms with Gasteiger partial charge in [0.1, 0.15) is 11.1 Å². The number of aliphatic carboxylic acids is 1. The van der Waals surface area contributed by atoms with Gasteiger partial charge >= 0.3 is 5.97 Å². The van der Waals surface area contributed by atoms with Crippen LogP contribution in [0.25, 0.3) is 0 Å². The van der Waals surface area contributed by atoms with E-state index in [1.54, 1.807) is 26.0 Å². The average molecular weight is 281 g/mol. The van der Waals surface area contributed by atoms with Gasteiger partial charge in [0.25, 0.3) is 0 Å². The molecule has 0 spiro atoms. The lowest BCUT2D eigenvalue weighted by atomic mass is 9.78. The molecular formula is C14H19NO5. The Morgan fingerprint density at radius 3 is 2.50 bits per heavy atom. The first-order valence-corrected chi connectivity index (χ1v) is 6.22. The first-order chi connectivity index (χ1) is 9.25. The summed E-state index contributed by atoms with van der Waals surface area (Å²) in [6.07, 6.45) is 0.165. The third kappa shape index (κ3) is 2.06. The standard InChI is InChI=1S/C14H19NO5/c1-13(2)7-14(15,12(16)17)8-5-6-9(18-3)11(19-4)10(8)20-13/h5-6H,7,15H2,1-4H3,(H,16,17). The van der Waals surface area contributed by atoms with Gasteiger partial charge in [-0.1, -0.05) is 0 Å². The first-order valence-electron chi connectivity index (χ1n) is 6.22. The van der Waals surface area contributed by atoms with E-state index in [1.807, 2.05) is 0 Å². The zero-order chi connectivity index (χ0) is 15.1. The van der Waals surface area contributed by atoms with Crippen molar-refractivity contribution in [2.24, 2.45) is 5.73 Å². The van der Waals surface area contributed by atoms with Crippen LogP contribution < -0.4 is 19.9 Å². The van der Waals surface area contributed by atoms with Gasteiger partial charge in [0.15, 0.2) is 11.5 Å². The smallest absolute Gasteiger partial charge is 0.328 e. The van der Waals surface area contributed by atoms with Crippen molar-refractivity contribution in [2.45, 2.75) is 31.4 Å².